The number of alkyl halides is 3. The molecule has 112 valence electrons. The first-order valence-corrected chi connectivity index (χ1v) is 7.20. The predicted octanol–water partition coefficient (Wildman–Crippen LogP) is 5.64. The van der Waals surface area contributed by atoms with Gasteiger partial charge < -0.3 is 0 Å². The van der Waals surface area contributed by atoms with Crippen molar-refractivity contribution >= 4 is 11.3 Å². The van der Waals surface area contributed by atoms with Crippen LogP contribution in [0.2, 0.25) is 0 Å². The molecule has 0 spiro atoms. The summed E-state index contributed by atoms with van der Waals surface area (Å²) >= 11 is 1.36. The molecule has 0 saturated heterocycles. The van der Waals surface area contributed by atoms with Crippen LogP contribution in [0.25, 0.3) is 21.8 Å². The van der Waals surface area contributed by atoms with E-state index in [0.29, 0.717) is 16.3 Å². The first-order valence-electron chi connectivity index (χ1n) is 6.32. The lowest BCUT2D eigenvalue weighted by molar-refractivity contribution is -0.137. The summed E-state index contributed by atoms with van der Waals surface area (Å²) in [4.78, 5) is 4.39. The van der Waals surface area contributed by atoms with Crippen molar-refractivity contribution in [3.63, 3.8) is 0 Å². The molecular formula is C16H9F4NS. The van der Waals surface area contributed by atoms with Crippen molar-refractivity contribution in [3.8, 4) is 21.8 Å². The van der Waals surface area contributed by atoms with E-state index in [9.17, 15) is 17.6 Å². The van der Waals surface area contributed by atoms with Gasteiger partial charge in [-0.15, -0.1) is 11.3 Å². The Morgan fingerprint density at radius 1 is 0.818 bits per heavy atom. The van der Waals surface area contributed by atoms with E-state index in [1.54, 1.807) is 17.5 Å². The minimum absolute atomic E-state index is 0.330. The summed E-state index contributed by atoms with van der Waals surface area (Å²) in [5.74, 6) is -0.330. The van der Waals surface area contributed by atoms with Gasteiger partial charge in [0.2, 0.25) is 0 Å². The van der Waals surface area contributed by atoms with Crippen LogP contribution in [0.4, 0.5) is 17.6 Å². The normalized spacial score (nSPS) is 11.6. The number of hydrogen-bond donors (Lipinski definition) is 0. The quantitative estimate of drug-likeness (QED) is 0.557. The van der Waals surface area contributed by atoms with Crippen LogP contribution in [0.3, 0.4) is 0 Å². The Morgan fingerprint density at radius 2 is 1.41 bits per heavy atom. The van der Waals surface area contributed by atoms with Crippen molar-refractivity contribution in [1.82, 2.24) is 4.98 Å². The van der Waals surface area contributed by atoms with Crippen molar-refractivity contribution in [2.45, 2.75) is 6.18 Å². The van der Waals surface area contributed by atoms with Gasteiger partial charge >= 0.3 is 6.18 Å². The second-order valence-corrected chi connectivity index (χ2v) is 5.48. The van der Waals surface area contributed by atoms with Crippen LogP contribution in [-0.4, -0.2) is 4.98 Å². The Kier molecular flexibility index (Phi) is 3.70. The number of hydrogen-bond acceptors (Lipinski definition) is 2. The van der Waals surface area contributed by atoms with Gasteiger partial charge in [0.25, 0.3) is 0 Å². The summed E-state index contributed by atoms with van der Waals surface area (Å²) in [5, 5.41) is 2.45. The van der Waals surface area contributed by atoms with E-state index in [-0.39, 0.29) is 5.82 Å². The summed E-state index contributed by atoms with van der Waals surface area (Å²) in [7, 11) is 0. The third-order valence-electron chi connectivity index (χ3n) is 3.10. The zero-order valence-corrected chi connectivity index (χ0v) is 11.9. The van der Waals surface area contributed by atoms with Gasteiger partial charge in [0.05, 0.1) is 11.3 Å². The molecule has 0 saturated carbocycles. The number of thiazole rings is 1. The Morgan fingerprint density at radius 3 is 2.00 bits per heavy atom. The van der Waals surface area contributed by atoms with Crippen LogP contribution < -0.4 is 0 Å². The van der Waals surface area contributed by atoms with Crippen molar-refractivity contribution in [3.05, 3.63) is 65.3 Å². The molecule has 1 nitrogen and oxygen atoms in total. The molecule has 0 atom stereocenters. The monoisotopic (exact) mass is 323 g/mol. The molecule has 0 radical (unpaired) electrons. The number of nitrogens with zero attached hydrogens (tertiary/aromatic N) is 1. The number of halogens is 4. The molecule has 0 N–H and O–H groups in total. The third-order valence-corrected chi connectivity index (χ3v) is 3.99. The van der Waals surface area contributed by atoms with E-state index in [2.05, 4.69) is 4.98 Å². The summed E-state index contributed by atoms with van der Waals surface area (Å²) in [6.07, 6.45) is -4.35. The topological polar surface area (TPSA) is 12.9 Å². The van der Waals surface area contributed by atoms with Gasteiger partial charge in [-0.05, 0) is 36.4 Å². The smallest absolute Gasteiger partial charge is 0.236 e. The van der Waals surface area contributed by atoms with Crippen LogP contribution >= 0.6 is 11.3 Å². The molecule has 3 rings (SSSR count). The summed E-state index contributed by atoms with van der Waals surface area (Å²) in [5.41, 5.74) is 1.28. The lowest BCUT2D eigenvalue weighted by atomic mass is 10.1. The van der Waals surface area contributed by atoms with Crippen molar-refractivity contribution in [2.24, 2.45) is 0 Å². The van der Waals surface area contributed by atoms with E-state index < -0.39 is 11.7 Å². The fourth-order valence-electron chi connectivity index (χ4n) is 1.96. The highest BCUT2D eigenvalue weighted by molar-refractivity contribution is 7.13. The molecule has 0 fully saturated rings. The fourth-order valence-corrected chi connectivity index (χ4v) is 2.80. The Hall–Kier alpha value is -2.21. The van der Waals surface area contributed by atoms with Gasteiger partial charge in [0, 0.05) is 16.5 Å². The van der Waals surface area contributed by atoms with Gasteiger partial charge in [0.15, 0.2) is 0 Å². The average molecular weight is 323 g/mol. The molecule has 0 aliphatic carbocycles. The van der Waals surface area contributed by atoms with Gasteiger partial charge in [-0.25, -0.2) is 9.37 Å². The lowest BCUT2D eigenvalue weighted by Crippen LogP contribution is -2.03. The highest BCUT2D eigenvalue weighted by atomic mass is 32.1. The maximum Gasteiger partial charge on any atom is 0.416 e. The van der Waals surface area contributed by atoms with Gasteiger partial charge in [-0.3, -0.25) is 0 Å². The molecular weight excluding hydrogens is 314 g/mol. The second-order valence-electron chi connectivity index (χ2n) is 4.62. The minimum Gasteiger partial charge on any atom is -0.236 e. The molecule has 0 bridgehead atoms. The zero-order valence-electron chi connectivity index (χ0n) is 11.1. The van der Waals surface area contributed by atoms with Crippen LogP contribution in [0.1, 0.15) is 5.56 Å². The molecule has 0 amide bonds. The third kappa shape index (κ3) is 3.01. The molecule has 22 heavy (non-hydrogen) atoms. The standard InChI is InChI=1S/C16H9F4NS/c17-13-7-3-11(4-8-13)15-21-14(9-22-15)10-1-5-12(6-2-10)16(18,19)20/h1-9H. The Balaban J connectivity index is 1.89. The van der Waals surface area contributed by atoms with Crippen LogP contribution in [0, 0.1) is 5.82 Å². The molecule has 1 aromatic heterocycles. The van der Waals surface area contributed by atoms with E-state index in [4.69, 9.17) is 0 Å². The van der Waals surface area contributed by atoms with E-state index in [0.717, 1.165) is 17.7 Å². The number of rotatable bonds is 2. The van der Waals surface area contributed by atoms with E-state index in [1.807, 2.05) is 0 Å². The molecule has 0 unspecified atom stereocenters. The Bertz CT molecular complexity index is 773. The highest BCUT2D eigenvalue weighted by Crippen LogP contribution is 2.32. The van der Waals surface area contributed by atoms with Crippen LogP contribution in [0.15, 0.2) is 53.9 Å². The number of benzene rings is 2. The first kappa shape index (κ1) is 14.7. The SMILES string of the molecule is Fc1ccc(-c2nc(-c3ccc(C(F)(F)F)cc3)cs2)cc1. The average Bonchev–Trinajstić information content (AvgIpc) is 2.97. The lowest BCUT2D eigenvalue weighted by Gasteiger charge is -2.06. The summed E-state index contributed by atoms with van der Waals surface area (Å²) in [6, 6.07) is 10.8. The summed E-state index contributed by atoms with van der Waals surface area (Å²) in [6.45, 7) is 0. The van der Waals surface area contributed by atoms with Crippen molar-refractivity contribution in [2.75, 3.05) is 0 Å². The highest BCUT2D eigenvalue weighted by Gasteiger charge is 2.30. The summed E-state index contributed by atoms with van der Waals surface area (Å²) < 4.78 is 50.5. The van der Waals surface area contributed by atoms with Crippen molar-refractivity contribution < 1.29 is 17.6 Å². The van der Waals surface area contributed by atoms with E-state index >= 15 is 0 Å². The minimum atomic E-state index is -4.35. The molecule has 0 aliphatic heterocycles. The number of aromatic nitrogens is 1. The molecule has 1 heterocycles. The largest absolute Gasteiger partial charge is 0.416 e. The maximum atomic E-state index is 12.9. The fraction of sp³-hybridized carbons (Fsp3) is 0.0625. The van der Waals surface area contributed by atoms with E-state index in [1.165, 1.54) is 35.6 Å². The van der Waals surface area contributed by atoms with Gasteiger partial charge in [-0.1, -0.05) is 12.1 Å². The molecule has 6 heteroatoms. The predicted molar refractivity (Wildman–Crippen MR) is 77.9 cm³/mol. The van der Waals surface area contributed by atoms with Crippen molar-refractivity contribution in [1.29, 1.82) is 0 Å². The van der Waals surface area contributed by atoms with Crippen LogP contribution in [-0.2, 0) is 6.18 Å². The maximum absolute atomic E-state index is 12.9. The molecule has 3 aromatic rings. The van der Waals surface area contributed by atoms with Gasteiger partial charge in [-0.2, -0.15) is 13.2 Å². The van der Waals surface area contributed by atoms with Gasteiger partial charge in [0.1, 0.15) is 10.8 Å². The second kappa shape index (κ2) is 5.53. The zero-order chi connectivity index (χ0) is 15.7. The Labute approximate surface area is 127 Å². The molecule has 2 aromatic carbocycles. The first-order chi connectivity index (χ1) is 10.4. The molecule has 0 aliphatic rings. The van der Waals surface area contributed by atoms with Crippen LogP contribution in [0.5, 0.6) is 0 Å².